The number of nitrogens with zero attached hydrogens (tertiary/aromatic N) is 2. The number of aryl methyl sites for hydroxylation is 1. The zero-order valence-electron chi connectivity index (χ0n) is 19.5. The number of aromatic nitrogens is 1. The van der Waals surface area contributed by atoms with Crippen LogP contribution in [-0.4, -0.2) is 10.9 Å². The Kier molecular flexibility index (Phi) is 5.34. The van der Waals surface area contributed by atoms with Crippen molar-refractivity contribution >= 4 is 22.7 Å². The fourth-order valence-corrected chi connectivity index (χ4v) is 4.59. The van der Waals surface area contributed by atoms with Crippen molar-refractivity contribution in [2.24, 2.45) is 0 Å². The Bertz CT molecular complexity index is 1640. The van der Waals surface area contributed by atoms with E-state index in [1.165, 1.54) is 4.90 Å². The summed E-state index contributed by atoms with van der Waals surface area (Å²) in [5.41, 5.74) is 3.21. The Labute approximate surface area is 207 Å². The maximum Gasteiger partial charge on any atom is 0.296 e. The molecule has 1 amide bonds. The summed E-state index contributed by atoms with van der Waals surface area (Å²) in [6.07, 6.45) is 1.70. The summed E-state index contributed by atoms with van der Waals surface area (Å²) in [4.78, 5) is 33.4. The van der Waals surface area contributed by atoms with Gasteiger partial charge in [-0.15, -0.1) is 0 Å². The molecule has 0 fully saturated rings. The summed E-state index contributed by atoms with van der Waals surface area (Å²) in [5, 5.41) is 0.434. The van der Waals surface area contributed by atoms with E-state index in [0.717, 1.165) is 16.7 Å². The van der Waals surface area contributed by atoms with E-state index in [2.05, 4.69) is 4.98 Å². The Balaban J connectivity index is 1.48. The molecule has 0 spiro atoms. The second kappa shape index (κ2) is 8.82. The average molecular weight is 475 g/mol. The van der Waals surface area contributed by atoms with Crippen LogP contribution in [0, 0.1) is 6.92 Å². The average Bonchev–Trinajstić information content (AvgIpc) is 3.21. The molecule has 3 aromatic carbocycles. The highest BCUT2D eigenvalue weighted by Crippen LogP contribution is 2.41. The van der Waals surface area contributed by atoms with Crippen LogP contribution in [0.15, 0.2) is 106 Å². The van der Waals surface area contributed by atoms with Gasteiger partial charge in [-0.1, -0.05) is 60.7 Å². The molecular weight excluding hydrogens is 452 g/mol. The molecule has 2 aromatic heterocycles. The molecular formula is C30H22N2O4. The highest BCUT2D eigenvalue weighted by Gasteiger charge is 2.44. The lowest BCUT2D eigenvalue weighted by atomic mass is 9.98. The fourth-order valence-electron chi connectivity index (χ4n) is 4.59. The van der Waals surface area contributed by atoms with E-state index in [0.29, 0.717) is 34.7 Å². The number of amides is 1. The molecule has 0 aliphatic carbocycles. The summed E-state index contributed by atoms with van der Waals surface area (Å²) < 4.78 is 12.1. The van der Waals surface area contributed by atoms with E-state index < -0.39 is 11.9 Å². The molecule has 0 saturated carbocycles. The van der Waals surface area contributed by atoms with Crippen molar-refractivity contribution in [2.75, 3.05) is 4.90 Å². The molecule has 0 saturated heterocycles. The van der Waals surface area contributed by atoms with E-state index in [-0.39, 0.29) is 11.2 Å². The minimum atomic E-state index is -0.705. The van der Waals surface area contributed by atoms with Crippen LogP contribution in [0.3, 0.4) is 0 Å². The first-order chi connectivity index (χ1) is 17.6. The third-order valence-corrected chi connectivity index (χ3v) is 6.34. The number of ether oxygens (including phenoxy) is 1. The number of para-hydroxylation sites is 1. The van der Waals surface area contributed by atoms with Crippen LogP contribution < -0.4 is 15.1 Å². The molecule has 0 radical (unpaired) electrons. The van der Waals surface area contributed by atoms with Crippen LogP contribution >= 0.6 is 0 Å². The van der Waals surface area contributed by atoms with Crippen molar-refractivity contribution in [1.29, 1.82) is 0 Å². The molecule has 1 aliphatic rings. The van der Waals surface area contributed by atoms with Crippen LogP contribution in [0.25, 0.3) is 11.0 Å². The predicted octanol–water partition coefficient (Wildman–Crippen LogP) is 5.83. The fraction of sp³-hybridized carbons (Fsp3) is 0.100. The summed E-state index contributed by atoms with van der Waals surface area (Å²) in [6, 6.07) is 27.3. The van der Waals surface area contributed by atoms with E-state index >= 15 is 0 Å². The number of carbonyl (C=O) groups excluding carboxylic acids is 1. The van der Waals surface area contributed by atoms with Crippen LogP contribution in [0.2, 0.25) is 0 Å². The number of fused-ring (bicyclic) bond motifs is 2. The van der Waals surface area contributed by atoms with Gasteiger partial charge in [-0.3, -0.25) is 14.5 Å². The molecule has 5 aromatic rings. The summed E-state index contributed by atoms with van der Waals surface area (Å²) in [5.74, 6) is 0.729. The summed E-state index contributed by atoms with van der Waals surface area (Å²) in [6.45, 7) is 2.33. The number of carbonyl (C=O) groups is 1. The number of pyridine rings is 1. The van der Waals surface area contributed by atoms with Crippen molar-refractivity contribution in [2.45, 2.75) is 19.6 Å². The van der Waals surface area contributed by atoms with Gasteiger partial charge in [0.25, 0.3) is 5.91 Å². The molecule has 0 unspecified atom stereocenters. The molecule has 0 N–H and O–H groups in total. The quantitative estimate of drug-likeness (QED) is 0.321. The number of anilines is 1. The summed E-state index contributed by atoms with van der Waals surface area (Å²) in [7, 11) is 0. The first-order valence-corrected chi connectivity index (χ1v) is 11.7. The molecule has 1 atom stereocenters. The predicted molar refractivity (Wildman–Crippen MR) is 137 cm³/mol. The maximum absolute atomic E-state index is 13.7. The zero-order chi connectivity index (χ0) is 24.6. The van der Waals surface area contributed by atoms with Crippen molar-refractivity contribution in [3.8, 4) is 5.75 Å². The van der Waals surface area contributed by atoms with Gasteiger partial charge in [0.15, 0.2) is 5.43 Å². The van der Waals surface area contributed by atoms with Crippen molar-refractivity contribution in [3.63, 3.8) is 0 Å². The van der Waals surface area contributed by atoms with Gasteiger partial charge in [-0.05, 0) is 53.9 Å². The normalized spacial score (nSPS) is 14.8. The van der Waals surface area contributed by atoms with Gasteiger partial charge in [0.1, 0.15) is 23.8 Å². The molecule has 36 heavy (non-hydrogen) atoms. The lowest BCUT2D eigenvalue weighted by Gasteiger charge is -2.24. The summed E-state index contributed by atoms with van der Waals surface area (Å²) >= 11 is 0. The van der Waals surface area contributed by atoms with Crippen molar-refractivity contribution in [3.05, 3.63) is 135 Å². The lowest BCUT2D eigenvalue weighted by molar-refractivity contribution is 0.0970. The van der Waals surface area contributed by atoms with Crippen LogP contribution in [0.5, 0.6) is 5.75 Å². The zero-order valence-corrected chi connectivity index (χ0v) is 19.5. The number of benzene rings is 3. The van der Waals surface area contributed by atoms with E-state index in [9.17, 15) is 9.59 Å². The first kappa shape index (κ1) is 21.8. The minimum absolute atomic E-state index is 0.0432. The molecule has 176 valence electrons. The smallest absolute Gasteiger partial charge is 0.296 e. The highest BCUT2D eigenvalue weighted by atomic mass is 16.5. The number of hydrogen-bond acceptors (Lipinski definition) is 5. The van der Waals surface area contributed by atoms with Gasteiger partial charge in [0.2, 0.25) is 5.76 Å². The number of rotatable bonds is 5. The van der Waals surface area contributed by atoms with Gasteiger partial charge in [-0.25, -0.2) is 4.98 Å². The van der Waals surface area contributed by atoms with Crippen LogP contribution in [0.4, 0.5) is 5.82 Å². The van der Waals surface area contributed by atoms with Gasteiger partial charge < -0.3 is 9.15 Å². The second-order valence-corrected chi connectivity index (χ2v) is 8.79. The third kappa shape index (κ3) is 3.73. The van der Waals surface area contributed by atoms with Crippen LogP contribution in [-0.2, 0) is 6.61 Å². The van der Waals surface area contributed by atoms with E-state index in [1.54, 1.807) is 36.5 Å². The second-order valence-electron chi connectivity index (χ2n) is 8.79. The Hall–Kier alpha value is -4.71. The Morgan fingerprint density at radius 1 is 0.917 bits per heavy atom. The SMILES string of the molecule is Cc1ccc(N2C(=O)c3oc4ccccc4c(=O)c3[C@@H]2c2cccc(OCc3ccccc3)c2)nc1. The standard InChI is InChI=1S/C30H22N2O4/c1-19-14-15-25(31-17-19)32-27(21-10-7-11-22(16-21)35-18-20-8-3-2-4-9-20)26-28(33)23-12-5-6-13-24(23)36-29(26)30(32)34/h2-17,27H,18H2,1H3/t27-/m0/s1. The minimum Gasteiger partial charge on any atom is -0.489 e. The van der Waals surface area contributed by atoms with E-state index in [4.69, 9.17) is 9.15 Å². The van der Waals surface area contributed by atoms with Crippen molar-refractivity contribution in [1.82, 2.24) is 4.98 Å². The van der Waals surface area contributed by atoms with Gasteiger partial charge >= 0.3 is 0 Å². The number of hydrogen-bond donors (Lipinski definition) is 0. The van der Waals surface area contributed by atoms with Gasteiger partial charge in [0, 0.05) is 6.20 Å². The molecule has 1 aliphatic heterocycles. The lowest BCUT2D eigenvalue weighted by Crippen LogP contribution is -2.30. The maximum atomic E-state index is 13.7. The van der Waals surface area contributed by atoms with Gasteiger partial charge in [-0.2, -0.15) is 0 Å². The molecule has 0 bridgehead atoms. The largest absolute Gasteiger partial charge is 0.489 e. The monoisotopic (exact) mass is 474 g/mol. The Morgan fingerprint density at radius 3 is 2.53 bits per heavy atom. The molecule has 6 rings (SSSR count). The molecule has 6 nitrogen and oxygen atoms in total. The van der Waals surface area contributed by atoms with E-state index in [1.807, 2.05) is 67.6 Å². The Morgan fingerprint density at radius 2 is 1.72 bits per heavy atom. The highest BCUT2D eigenvalue weighted by molar-refractivity contribution is 6.10. The topological polar surface area (TPSA) is 72.6 Å². The molecule has 3 heterocycles. The molecule has 6 heteroatoms. The van der Waals surface area contributed by atoms with Crippen molar-refractivity contribution < 1.29 is 13.9 Å². The third-order valence-electron chi connectivity index (χ3n) is 6.34. The first-order valence-electron chi connectivity index (χ1n) is 11.7. The van der Waals surface area contributed by atoms with Crippen LogP contribution in [0.1, 0.15) is 38.9 Å². The van der Waals surface area contributed by atoms with Gasteiger partial charge in [0.05, 0.1) is 17.0 Å².